The van der Waals surface area contributed by atoms with E-state index in [4.69, 9.17) is 10.3 Å². The van der Waals surface area contributed by atoms with E-state index in [0.717, 1.165) is 23.2 Å². The SMILES string of the molecule is CC(Cc1noc(N)c1-c1ccccc1)C(C)(C)C. The second kappa shape index (κ2) is 5.08. The average molecular weight is 258 g/mol. The lowest BCUT2D eigenvalue weighted by molar-refractivity contribution is 0.255. The van der Waals surface area contributed by atoms with Crippen LogP contribution in [0.15, 0.2) is 34.9 Å². The Morgan fingerprint density at radius 2 is 1.84 bits per heavy atom. The third-order valence-corrected chi connectivity index (χ3v) is 3.83. The van der Waals surface area contributed by atoms with Crippen LogP contribution in [-0.4, -0.2) is 5.16 Å². The van der Waals surface area contributed by atoms with Crippen molar-refractivity contribution < 1.29 is 4.52 Å². The van der Waals surface area contributed by atoms with Crippen molar-refractivity contribution in [3.63, 3.8) is 0 Å². The molecule has 102 valence electrons. The molecule has 0 saturated heterocycles. The fraction of sp³-hybridized carbons (Fsp3) is 0.438. The van der Waals surface area contributed by atoms with Gasteiger partial charge in [0.05, 0.1) is 11.3 Å². The molecule has 0 spiro atoms. The smallest absolute Gasteiger partial charge is 0.230 e. The second-order valence-corrected chi connectivity index (χ2v) is 6.21. The van der Waals surface area contributed by atoms with Gasteiger partial charge in [0, 0.05) is 0 Å². The van der Waals surface area contributed by atoms with Gasteiger partial charge < -0.3 is 10.3 Å². The van der Waals surface area contributed by atoms with Gasteiger partial charge in [-0.2, -0.15) is 0 Å². The normalized spacial score (nSPS) is 13.5. The maximum absolute atomic E-state index is 5.93. The van der Waals surface area contributed by atoms with Crippen LogP contribution in [0.3, 0.4) is 0 Å². The molecule has 0 amide bonds. The molecular formula is C16H22N2O. The van der Waals surface area contributed by atoms with Crippen LogP contribution in [0.25, 0.3) is 11.1 Å². The Morgan fingerprint density at radius 1 is 1.21 bits per heavy atom. The largest absolute Gasteiger partial charge is 0.367 e. The number of hydrogen-bond acceptors (Lipinski definition) is 3. The molecule has 0 fully saturated rings. The Labute approximate surface area is 114 Å². The van der Waals surface area contributed by atoms with Gasteiger partial charge in [0.15, 0.2) is 0 Å². The number of benzene rings is 1. The van der Waals surface area contributed by atoms with Crippen molar-refractivity contribution in [2.24, 2.45) is 11.3 Å². The van der Waals surface area contributed by atoms with E-state index >= 15 is 0 Å². The lowest BCUT2D eigenvalue weighted by Crippen LogP contribution is -2.19. The molecule has 1 aromatic heterocycles. The molecule has 3 nitrogen and oxygen atoms in total. The summed E-state index contributed by atoms with van der Waals surface area (Å²) in [6.07, 6.45) is 0.869. The van der Waals surface area contributed by atoms with Gasteiger partial charge in [-0.3, -0.25) is 0 Å². The number of nitrogens with zero attached hydrogens (tertiary/aromatic N) is 1. The zero-order valence-corrected chi connectivity index (χ0v) is 12.1. The van der Waals surface area contributed by atoms with Gasteiger partial charge in [-0.25, -0.2) is 0 Å². The zero-order chi connectivity index (χ0) is 14.0. The van der Waals surface area contributed by atoms with Crippen LogP contribution in [0.2, 0.25) is 0 Å². The lowest BCUT2D eigenvalue weighted by Gasteiger charge is -2.26. The average Bonchev–Trinajstić information content (AvgIpc) is 2.70. The summed E-state index contributed by atoms with van der Waals surface area (Å²) < 4.78 is 5.19. The first kappa shape index (κ1) is 13.7. The van der Waals surface area contributed by atoms with E-state index in [1.165, 1.54) is 0 Å². The van der Waals surface area contributed by atoms with Crippen molar-refractivity contribution in [2.75, 3.05) is 5.73 Å². The van der Waals surface area contributed by atoms with Gasteiger partial charge in [0.2, 0.25) is 5.88 Å². The highest BCUT2D eigenvalue weighted by molar-refractivity contribution is 5.74. The fourth-order valence-electron chi connectivity index (χ4n) is 1.99. The van der Waals surface area contributed by atoms with Crippen molar-refractivity contribution in [3.05, 3.63) is 36.0 Å². The molecular weight excluding hydrogens is 236 g/mol. The van der Waals surface area contributed by atoms with Crippen molar-refractivity contribution >= 4 is 5.88 Å². The molecule has 1 unspecified atom stereocenters. The molecule has 0 aliphatic rings. The van der Waals surface area contributed by atoms with Crippen molar-refractivity contribution in [1.29, 1.82) is 0 Å². The van der Waals surface area contributed by atoms with E-state index in [1.807, 2.05) is 30.3 Å². The standard InChI is InChI=1S/C16H22N2O/c1-11(16(2,3)4)10-13-14(15(17)19-18-13)12-8-6-5-7-9-12/h5-9,11H,10,17H2,1-4H3. The van der Waals surface area contributed by atoms with Crippen molar-refractivity contribution in [3.8, 4) is 11.1 Å². The second-order valence-electron chi connectivity index (χ2n) is 6.21. The first-order valence-electron chi connectivity index (χ1n) is 6.69. The molecule has 0 radical (unpaired) electrons. The van der Waals surface area contributed by atoms with E-state index in [0.29, 0.717) is 11.8 Å². The van der Waals surface area contributed by atoms with Crippen LogP contribution >= 0.6 is 0 Å². The molecule has 0 saturated carbocycles. The number of aromatic nitrogens is 1. The zero-order valence-electron chi connectivity index (χ0n) is 12.1. The molecule has 2 N–H and O–H groups in total. The lowest BCUT2D eigenvalue weighted by atomic mass is 9.79. The number of rotatable bonds is 3. The molecule has 0 aliphatic heterocycles. The summed E-state index contributed by atoms with van der Waals surface area (Å²) in [7, 11) is 0. The number of nitrogen functional groups attached to an aromatic ring is 1. The molecule has 2 aromatic rings. The first-order chi connectivity index (χ1) is 8.89. The fourth-order valence-corrected chi connectivity index (χ4v) is 1.99. The third-order valence-electron chi connectivity index (χ3n) is 3.83. The molecule has 3 heteroatoms. The van der Waals surface area contributed by atoms with E-state index in [-0.39, 0.29) is 5.41 Å². The number of nitrogens with two attached hydrogens (primary N) is 1. The Hall–Kier alpha value is -1.77. The summed E-state index contributed by atoms with van der Waals surface area (Å²) in [5.74, 6) is 0.904. The summed E-state index contributed by atoms with van der Waals surface area (Å²) >= 11 is 0. The third kappa shape index (κ3) is 2.98. The van der Waals surface area contributed by atoms with E-state index in [2.05, 4.69) is 32.9 Å². The molecule has 2 rings (SSSR count). The number of anilines is 1. The monoisotopic (exact) mass is 258 g/mol. The Kier molecular flexibility index (Phi) is 3.65. The quantitative estimate of drug-likeness (QED) is 0.899. The van der Waals surface area contributed by atoms with Crippen LogP contribution in [0.5, 0.6) is 0 Å². The van der Waals surface area contributed by atoms with Crippen LogP contribution in [-0.2, 0) is 6.42 Å². The van der Waals surface area contributed by atoms with Gasteiger partial charge in [0.1, 0.15) is 0 Å². The molecule has 19 heavy (non-hydrogen) atoms. The maximum Gasteiger partial charge on any atom is 0.230 e. The summed E-state index contributed by atoms with van der Waals surface area (Å²) in [5.41, 5.74) is 9.13. The van der Waals surface area contributed by atoms with E-state index in [1.54, 1.807) is 0 Å². The molecule has 1 aromatic carbocycles. The van der Waals surface area contributed by atoms with Gasteiger partial charge in [-0.1, -0.05) is 63.2 Å². The Balaban J connectivity index is 2.34. The predicted molar refractivity (Wildman–Crippen MR) is 78.7 cm³/mol. The highest BCUT2D eigenvalue weighted by Crippen LogP contribution is 2.34. The summed E-state index contributed by atoms with van der Waals surface area (Å²) in [5, 5.41) is 4.15. The van der Waals surface area contributed by atoms with Gasteiger partial charge in [-0.15, -0.1) is 0 Å². The summed E-state index contributed by atoms with van der Waals surface area (Å²) in [6, 6.07) is 10.1. The number of hydrogen-bond donors (Lipinski definition) is 1. The van der Waals surface area contributed by atoms with Crippen LogP contribution < -0.4 is 5.73 Å². The minimum Gasteiger partial charge on any atom is -0.367 e. The topological polar surface area (TPSA) is 52.0 Å². The van der Waals surface area contributed by atoms with Crippen LogP contribution in [0.1, 0.15) is 33.4 Å². The highest BCUT2D eigenvalue weighted by Gasteiger charge is 2.24. The highest BCUT2D eigenvalue weighted by atomic mass is 16.5. The predicted octanol–water partition coefficient (Wildman–Crippen LogP) is 4.15. The Morgan fingerprint density at radius 3 is 2.42 bits per heavy atom. The molecule has 0 aliphatic carbocycles. The van der Waals surface area contributed by atoms with Crippen molar-refractivity contribution in [1.82, 2.24) is 5.16 Å². The summed E-state index contributed by atoms with van der Waals surface area (Å²) in [6.45, 7) is 8.95. The van der Waals surface area contributed by atoms with Gasteiger partial charge in [-0.05, 0) is 23.3 Å². The van der Waals surface area contributed by atoms with Gasteiger partial charge in [0.25, 0.3) is 0 Å². The molecule has 0 bridgehead atoms. The van der Waals surface area contributed by atoms with E-state index in [9.17, 15) is 0 Å². The minimum absolute atomic E-state index is 0.238. The van der Waals surface area contributed by atoms with Crippen molar-refractivity contribution in [2.45, 2.75) is 34.1 Å². The van der Waals surface area contributed by atoms with Crippen LogP contribution in [0, 0.1) is 11.3 Å². The first-order valence-corrected chi connectivity index (χ1v) is 6.69. The molecule has 1 heterocycles. The minimum atomic E-state index is 0.238. The maximum atomic E-state index is 5.93. The van der Waals surface area contributed by atoms with E-state index < -0.39 is 0 Å². The molecule has 1 atom stereocenters. The summed E-state index contributed by atoms with van der Waals surface area (Å²) in [4.78, 5) is 0. The van der Waals surface area contributed by atoms with Crippen LogP contribution in [0.4, 0.5) is 5.88 Å². The Bertz CT molecular complexity index is 538. The van der Waals surface area contributed by atoms with Gasteiger partial charge >= 0.3 is 0 Å².